The quantitative estimate of drug-likeness (QED) is 0.898. The molecule has 0 aliphatic carbocycles. The average molecular weight is 241 g/mol. The lowest BCUT2D eigenvalue weighted by Gasteiger charge is -2.09. The van der Waals surface area contributed by atoms with E-state index in [0.29, 0.717) is 23.5 Å². The molecule has 18 heavy (non-hydrogen) atoms. The van der Waals surface area contributed by atoms with E-state index in [1.54, 1.807) is 30.5 Å². The van der Waals surface area contributed by atoms with Crippen LogP contribution in [0.15, 0.2) is 36.5 Å². The zero-order valence-corrected chi connectivity index (χ0v) is 9.94. The highest BCUT2D eigenvalue weighted by atomic mass is 19.1. The first-order valence-corrected chi connectivity index (χ1v) is 5.55. The van der Waals surface area contributed by atoms with Crippen molar-refractivity contribution < 1.29 is 4.39 Å². The van der Waals surface area contributed by atoms with Crippen LogP contribution in [0.5, 0.6) is 0 Å². The van der Waals surface area contributed by atoms with Crippen LogP contribution in [0.25, 0.3) is 0 Å². The number of hydrogen-bond donors (Lipinski definition) is 1. The van der Waals surface area contributed by atoms with Crippen molar-refractivity contribution in [1.29, 1.82) is 5.26 Å². The molecule has 0 saturated carbocycles. The third-order valence-electron chi connectivity index (χ3n) is 2.68. The monoisotopic (exact) mass is 241 g/mol. The molecule has 0 unspecified atom stereocenters. The number of aromatic nitrogens is 1. The van der Waals surface area contributed by atoms with Gasteiger partial charge in [0.25, 0.3) is 0 Å². The molecule has 1 N–H and O–H groups in total. The van der Waals surface area contributed by atoms with Crippen molar-refractivity contribution in [2.75, 3.05) is 5.32 Å². The molecule has 3 nitrogen and oxygen atoms in total. The van der Waals surface area contributed by atoms with Gasteiger partial charge in [-0.1, -0.05) is 18.2 Å². The van der Waals surface area contributed by atoms with Crippen LogP contribution in [0.1, 0.15) is 16.7 Å². The minimum absolute atomic E-state index is 0.267. The number of benzene rings is 1. The number of nitrogens with zero attached hydrogens (tertiary/aromatic N) is 2. The minimum atomic E-state index is -0.267. The Balaban J connectivity index is 2.19. The van der Waals surface area contributed by atoms with E-state index in [0.717, 1.165) is 5.56 Å². The summed E-state index contributed by atoms with van der Waals surface area (Å²) in [7, 11) is 0. The van der Waals surface area contributed by atoms with Gasteiger partial charge < -0.3 is 5.32 Å². The Morgan fingerprint density at radius 1 is 1.33 bits per heavy atom. The molecule has 0 atom stereocenters. The predicted molar refractivity (Wildman–Crippen MR) is 67.4 cm³/mol. The Morgan fingerprint density at radius 2 is 2.11 bits per heavy atom. The Kier molecular flexibility index (Phi) is 3.54. The molecule has 1 aromatic heterocycles. The Labute approximate surface area is 105 Å². The second kappa shape index (κ2) is 5.28. The Hall–Kier alpha value is -2.41. The summed E-state index contributed by atoms with van der Waals surface area (Å²) in [5.41, 5.74) is 1.89. The van der Waals surface area contributed by atoms with Gasteiger partial charge in [0.05, 0.1) is 5.56 Å². The van der Waals surface area contributed by atoms with E-state index in [-0.39, 0.29) is 5.82 Å². The van der Waals surface area contributed by atoms with E-state index in [9.17, 15) is 4.39 Å². The fourth-order valence-corrected chi connectivity index (χ4v) is 1.65. The molecule has 0 spiro atoms. The molecule has 0 bridgehead atoms. The van der Waals surface area contributed by atoms with Gasteiger partial charge >= 0.3 is 0 Å². The fraction of sp³-hybridized carbons (Fsp3) is 0.143. The molecule has 4 heteroatoms. The largest absolute Gasteiger partial charge is 0.365 e. The van der Waals surface area contributed by atoms with Gasteiger partial charge in [-0.05, 0) is 24.6 Å². The molecular weight excluding hydrogens is 229 g/mol. The van der Waals surface area contributed by atoms with Crippen molar-refractivity contribution >= 4 is 5.82 Å². The predicted octanol–water partition coefficient (Wildman–Crippen LogP) is 3.01. The second-order valence-electron chi connectivity index (χ2n) is 3.91. The third kappa shape index (κ3) is 2.46. The van der Waals surface area contributed by atoms with Crippen molar-refractivity contribution in [3.8, 4) is 6.07 Å². The standard InChI is InChI=1S/C14H12FN3/c1-10-6-7-17-14(12(10)8-16)18-9-11-4-2-3-5-13(11)15/h2-7H,9H2,1H3,(H,17,18). The SMILES string of the molecule is Cc1ccnc(NCc2ccccc2F)c1C#N. The van der Waals surface area contributed by atoms with Crippen molar-refractivity contribution in [1.82, 2.24) is 4.98 Å². The molecule has 0 amide bonds. The normalized spacial score (nSPS) is 9.83. The molecule has 0 aliphatic heterocycles. The molecule has 90 valence electrons. The topological polar surface area (TPSA) is 48.7 Å². The average Bonchev–Trinajstić information content (AvgIpc) is 2.38. The number of halogens is 1. The Morgan fingerprint density at radius 3 is 2.83 bits per heavy atom. The van der Waals surface area contributed by atoms with E-state index in [1.165, 1.54) is 6.07 Å². The summed E-state index contributed by atoms with van der Waals surface area (Å²) in [4.78, 5) is 4.10. The number of pyridine rings is 1. The zero-order chi connectivity index (χ0) is 13.0. The maximum absolute atomic E-state index is 13.4. The van der Waals surface area contributed by atoms with Crippen LogP contribution in [-0.2, 0) is 6.54 Å². The second-order valence-corrected chi connectivity index (χ2v) is 3.91. The van der Waals surface area contributed by atoms with Crippen LogP contribution in [0.3, 0.4) is 0 Å². The number of anilines is 1. The van der Waals surface area contributed by atoms with Crippen LogP contribution < -0.4 is 5.32 Å². The molecule has 0 radical (unpaired) electrons. The number of aryl methyl sites for hydroxylation is 1. The molecule has 0 saturated heterocycles. The summed E-state index contributed by atoms with van der Waals surface area (Å²) >= 11 is 0. The van der Waals surface area contributed by atoms with Crippen LogP contribution in [-0.4, -0.2) is 4.98 Å². The zero-order valence-electron chi connectivity index (χ0n) is 9.94. The fourth-order valence-electron chi connectivity index (χ4n) is 1.65. The number of rotatable bonds is 3. The van der Waals surface area contributed by atoms with Crippen LogP contribution in [0, 0.1) is 24.1 Å². The highest BCUT2D eigenvalue weighted by molar-refractivity contribution is 5.55. The number of hydrogen-bond acceptors (Lipinski definition) is 3. The summed E-state index contributed by atoms with van der Waals surface area (Å²) < 4.78 is 13.4. The number of nitrogens with one attached hydrogen (secondary N) is 1. The van der Waals surface area contributed by atoms with Gasteiger partial charge in [-0.15, -0.1) is 0 Å². The van der Waals surface area contributed by atoms with Gasteiger partial charge in [-0.25, -0.2) is 9.37 Å². The molecule has 2 rings (SSSR count). The lowest BCUT2D eigenvalue weighted by atomic mass is 10.1. The van der Waals surface area contributed by atoms with Crippen LogP contribution >= 0.6 is 0 Å². The van der Waals surface area contributed by atoms with Gasteiger partial charge in [0.1, 0.15) is 17.7 Å². The summed E-state index contributed by atoms with van der Waals surface area (Å²) in [6, 6.07) is 10.4. The lowest BCUT2D eigenvalue weighted by Crippen LogP contribution is -2.05. The summed E-state index contributed by atoms with van der Waals surface area (Å²) in [6.45, 7) is 2.15. The molecule has 0 fully saturated rings. The van der Waals surface area contributed by atoms with Crippen molar-refractivity contribution in [2.24, 2.45) is 0 Å². The van der Waals surface area contributed by atoms with Gasteiger partial charge in [0.2, 0.25) is 0 Å². The molecule has 1 heterocycles. The molecule has 2 aromatic rings. The maximum Gasteiger partial charge on any atom is 0.144 e. The molecule has 1 aromatic carbocycles. The summed E-state index contributed by atoms with van der Waals surface area (Å²) in [5, 5.41) is 12.0. The van der Waals surface area contributed by atoms with E-state index in [4.69, 9.17) is 5.26 Å². The first kappa shape index (κ1) is 12.1. The first-order chi connectivity index (χ1) is 8.72. The van der Waals surface area contributed by atoms with Crippen LogP contribution in [0.2, 0.25) is 0 Å². The van der Waals surface area contributed by atoms with E-state index in [1.807, 2.05) is 6.92 Å². The summed E-state index contributed by atoms with van der Waals surface area (Å²) in [6.07, 6.45) is 1.62. The van der Waals surface area contributed by atoms with Crippen molar-refractivity contribution in [2.45, 2.75) is 13.5 Å². The van der Waals surface area contributed by atoms with Gasteiger partial charge in [0.15, 0.2) is 0 Å². The number of nitriles is 1. The molecular formula is C14H12FN3. The minimum Gasteiger partial charge on any atom is -0.365 e. The van der Waals surface area contributed by atoms with E-state index in [2.05, 4.69) is 16.4 Å². The van der Waals surface area contributed by atoms with Gasteiger partial charge in [-0.3, -0.25) is 0 Å². The summed E-state index contributed by atoms with van der Waals surface area (Å²) in [5.74, 6) is 0.219. The maximum atomic E-state index is 13.4. The smallest absolute Gasteiger partial charge is 0.144 e. The van der Waals surface area contributed by atoms with E-state index < -0.39 is 0 Å². The van der Waals surface area contributed by atoms with Gasteiger partial charge in [-0.2, -0.15) is 5.26 Å². The van der Waals surface area contributed by atoms with Crippen molar-refractivity contribution in [3.63, 3.8) is 0 Å². The van der Waals surface area contributed by atoms with Gasteiger partial charge in [0, 0.05) is 18.3 Å². The van der Waals surface area contributed by atoms with Crippen LogP contribution in [0.4, 0.5) is 10.2 Å². The Bertz CT molecular complexity index is 602. The van der Waals surface area contributed by atoms with E-state index >= 15 is 0 Å². The lowest BCUT2D eigenvalue weighted by molar-refractivity contribution is 0.613. The third-order valence-corrected chi connectivity index (χ3v) is 2.68. The first-order valence-electron chi connectivity index (χ1n) is 5.55. The highest BCUT2D eigenvalue weighted by Crippen LogP contribution is 2.16. The van der Waals surface area contributed by atoms with Crippen molar-refractivity contribution in [3.05, 3.63) is 59.0 Å². The highest BCUT2D eigenvalue weighted by Gasteiger charge is 2.07. The molecule has 0 aliphatic rings.